The summed E-state index contributed by atoms with van der Waals surface area (Å²) in [6, 6.07) is 0. The molecule has 0 bridgehead atoms. The second kappa shape index (κ2) is 4.72. The van der Waals surface area contributed by atoms with Crippen LogP contribution in [0.2, 0.25) is 0 Å². The summed E-state index contributed by atoms with van der Waals surface area (Å²) >= 11 is 0. The van der Waals surface area contributed by atoms with Crippen LogP contribution in [0.5, 0.6) is 0 Å². The van der Waals surface area contributed by atoms with E-state index >= 15 is 0 Å². The molecule has 6 heteroatoms. The van der Waals surface area contributed by atoms with E-state index in [4.69, 9.17) is 0 Å². The van der Waals surface area contributed by atoms with Crippen LogP contribution >= 0.6 is 0 Å². The Labute approximate surface area is 116 Å². The Hall–Kier alpha value is -0.100. The molecule has 2 saturated carbocycles. The lowest BCUT2D eigenvalue weighted by Crippen LogP contribution is -2.42. The lowest BCUT2D eigenvalue weighted by atomic mass is 10.1. The van der Waals surface area contributed by atoms with Gasteiger partial charge < -0.3 is 0 Å². The quantitative estimate of drug-likeness (QED) is 0.800. The van der Waals surface area contributed by atoms with Crippen molar-refractivity contribution in [2.75, 3.05) is 5.08 Å². The second-order valence-electron chi connectivity index (χ2n) is 6.66. The lowest BCUT2D eigenvalue weighted by Gasteiger charge is -2.28. The molecule has 0 aromatic heterocycles. The first-order chi connectivity index (χ1) is 8.62. The minimum absolute atomic E-state index is 0.599. The summed E-state index contributed by atoms with van der Waals surface area (Å²) in [5.41, 5.74) is 0. The van der Waals surface area contributed by atoms with Crippen LogP contribution < -0.4 is 0 Å². The van der Waals surface area contributed by atoms with Crippen LogP contribution in [0, 0.1) is 0 Å². The van der Waals surface area contributed by atoms with Gasteiger partial charge in [-0.3, -0.25) is 0 Å². The molecule has 2 aliphatic rings. The van der Waals surface area contributed by atoms with E-state index in [-0.39, 0.29) is 0 Å². The van der Waals surface area contributed by atoms with Crippen molar-refractivity contribution in [3.63, 3.8) is 0 Å². The van der Waals surface area contributed by atoms with Crippen LogP contribution in [0.15, 0.2) is 0 Å². The predicted octanol–water partition coefficient (Wildman–Crippen LogP) is 2.44. The van der Waals surface area contributed by atoms with E-state index in [9.17, 15) is 16.8 Å². The van der Waals surface area contributed by atoms with Crippen molar-refractivity contribution in [2.24, 2.45) is 0 Å². The molecule has 0 aromatic carbocycles. The Balaban J connectivity index is 2.25. The molecule has 112 valence electrons. The molecule has 19 heavy (non-hydrogen) atoms. The highest BCUT2D eigenvalue weighted by Crippen LogP contribution is 2.41. The summed E-state index contributed by atoms with van der Waals surface area (Å²) in [5.74, 6) is 0. The molecule has 2 aliphatic carbocycles. The highest BCUT2D eigenvalue weighted by Gasteiger charge is 2.49. The fourth-order valence-electron chi connectivity index (χ4n) is 3.36. The van der Waals surface area contributed by atoms with Gasteiger partial charge in [0, 0.05) is 0 Å². The maximum absolute atomic E-state index is 12.5. The Bertz CT molecular complexity index is 483. The first-order valence-electron chi connectivity index (χ1n) is 7.07. The minimum atomic E-state index is -3.58. The maximum atomic E-state index is 12.5. The third-order valence-corrected chi connectivity index (χ3v) is 11.4. The van der Waals surface area contributed by atoms with Crippen molar-refractivity contribution >= 4 is 19.7 Å². The van der Waals surface area contributed by atoms with Gasteiger partial charge in [0.2, 0.25) is 0 Å². The Morgan fingerprint density at radius 2 is 0.947 bits per heavy atom. The molecule has 0 spiro atoms. The molecule has 0 saturated heterocycles. The van der Waals surface area contributed by atoms with Crippen molar-refractivity contribution < 1.29 is 16.8 Å². The van der Waals surface area contributed by atoms with Gasteiger partial charge in [-0.2, -0.15) is 0 Å². The fourth-order valence-corrected chi connectivity index (χ4v) is 9.09. The first-order valence-corrected chi connectivity index (χ1v) is 10.4. The van der Waals surface area contributed by atoms with Crippen LogP contribution in [0.1, 0.15) is 65.2 Å². The average molecular weight is 308 g/mol. The van der Waals surface area contributed by atoms with E-state index in [1.807, 2.05) is 0 Å². The number of hydrogen-bond donors (Lipinski definition) is 0. The first kappa shape index (κ1) is 15.3. The molecule has 0 unspecified atom stereocenters. The molecule has 0 aromatic rings. The Morgan fingerprint density at radius 1 is 0.684 bits per heavy atom. The topological polar surface area (TPSA) is 68.3 Å². The number of sulfone groups is 2. The molecule has 0 aliphatic heterocycles. The largest absolute Gasteiger partial charge is 0.227 e. The van der Waals surface area contributed by atoms with E-state index in [1.165, 1.54) is 0 Å². The molecule has 4 nitrogen and oxygen atoms in total. The van der Waals surface area contributed by atoms with Crippen molar-refractivity contribution in [2.45, 2.75) is 74.7 Å². The zero-order chi connectivity index (χ0) is 14.4. The van der Waals surface area contributed by atoms with Gasteiger partial charge in [0.15, 0.2) is 24.8 Å². The Kier molecular flexibility index (Phi) is 3.80. The predicted molar refractivity (Wildman–Crippen MR) is 76.5 cm³/mol. The van der Waals surface area contributed by atoms with E-state index in [0.29, 0.717) is 25.7 Å². The van der Waals surface area contributed by atoms with Crippen molar-refractivity contribution in [3.8, 4) is 0 Å². The molecular weight excluding hydrogens is 284 g/mol. The van der Waals surface area contributed by atoms with E-state index < -0.39 is 34.3 Å². The van der Waals surface area contributed by atoms with Gasteiger partial charge in [-0.05, 0) is 39.5 Å². The maximum Gasteiger partial charge on any atom is 0.170 e. The summed E-state index contributed by atoms with van der Waals surface area (Å²) in [6.45, 7) is 3.42. The third kappa shape index (κ3) is 2.58. The molecule has 2 fully saturated rings. The van der Waals surface area contributed by atoms with Crippen molar-refractivity contribution in [1.82, 2.24) is 0 Å². The third-order valence-electron chi connectivity index (χ3n) is 5.13. The molecular formula is C13H24O4S2. The van der Waals surface area contributed by atoms with Crippen LogP contribution in [0.4, 0.5) is 0 Å². The second-order valence-corrected chi connectivity index (χ2v) is 12.0. The molecule has 0 atom stereocenters. The zero-order valence-electron chi connectivity index (χ0n) is 11.8. The summed E-state index contributed by atoms with van der Waals surface area (Å²) in [6.07, 6.45) is 5.92. The molecule has 0 heterocycles. The van der Waals surface area contributed by atoms with E-state index in [0.717, 1.165) is 25.7 Å². The van der Waals surface area contributed by atoms with Crippen molar-refractivity contribution in [3.05, 3.63) is 0 Å². The minimum Gasteiger partial charge on any atom is -0.227 e. The SMILES string of the molecule is CC1(S(=O)(=O)CS(=O)(=O)C2(C)CCCC2)CCCC1. The fraction of sp³-hybridized carbons (Fsp3) is 1.00. The van der Waals surface area contributed by atoms with Crippen molar-refractivity contribution in [1.29, 1.82) is 0 Å². The van der Waals surface area contributed by atoms with Crippen LogP contribution in [-0.4, -0.2) is 31.4 Å². The molecule has 0 amide bonds. The Morgan fingerprint density at radius 3 is 1.21 bits per heavy atom. The number of rotatable bonds is 4. The lowest BCUT2D eigenvalue weighted by molar-refractivity contribution is 0.523. The molecule has 0 radical (unpaired) electrons. The van der Waals surface area contributed by atoms with Gasteiger partial charge in [0.1, 0.15) is 0 Å². The van der Waals surface area contributed by atoms with Gasteiger partial charge in [0.05, 0.1) is 9.49 Å². The van der Waals surface area contributed by atoms with Gasteiger partial charge >= 0.3 is 0 Å². The summed E-state index contributed by atoms with van der Waals surface area (Å²) in [7, 11) is -7.16. The zero-order valence-corrected chi connectivity index (χ0v) is 13.4. The molecule has 0 N–H and O–H groups in total. The van der Waals surface area contributed by atoms with E-state index in [1.54, 1.807) is 13.8 Å². The van der Waals surface area contributed by atoms with Crippen LogP contribution in [0.25, 0.3) is 0 Å². The van der Waals surface area contributed by atoms with Gasteiger partial charge in [-0.25, -0.2) is 16.8 Å². The van der Waals surface area contributed by atoms with Crippen LogP contribution in [0.3, 0.4) is 0 Å². The summed E-state index contributed by atoms with van der Waals surface area (Å²) in [5, 5.41) is -0.660. The van der Waals surface area contributed by atoms with Gasteiger partial charge in [0.25, 0.3) is 0 Å². The highest BCUT2D eigenvalue weighted by atomic mass is 32.3. The average Bonchev–Trinajstić information content (AvgIpc) is 2.87. The molecule has 2 rings (SSSR count). The smallest absolute Gasteiger partial charge is 0.170 e. The normalized spacial score (nSPS) is 26.6. The monoisotopic (exact) mass is 308 g/mol. The summed E-state index contributed by atoms with van der Waals surface area (Å²) in [4.78, 5) is 0. The summed E-state index contributed by atoms with van der Waals surface area (Å²) < 4.78 is 48.3. The van der Waals surface area contributed by atoms with Gasteiger partial charge in [-0.15, -0.1) is 0 Å². The standard InChI is InChI=1S/C13H24O4S2/c1-12(7-3-4-8-12)18(14,15)11-19(16,17)13(2)9-5-6-10-13/h3-11H2,1-2H3. The van der Waals surface area contributed by atoms with Gasteiger partial charge in [-0.1, -0.05) is 25.7 Å². The van der Waals surface area contributed by atoms with E-state index in [2.05, 4.69) is 0 Å². The highest BCUT2D eigenvalue weighted by molar-refractivity contribution is 8.09. The number of hydrogen-bond acceptors (Lipinski definition) is 4. The van der Waals surface area contributed by atoms with Crippen LogP contribution in [-0.2, 0) is 19.7 Å².